The van der Waals surface area contributed by atoms with Crippen molar-refractivity contribution in [1.82, 2.24) is 9.97 Å². The first kappa shape index (κ1) is 14.7. The minimum Gasteiger partial charge on any atom is -0.491 e. The van der Waals surface area contributed by atoms with Crippen molar-refractivity contribution in [3.8, 4) is 5.75 Å². The number of hydrogen-bond donors (Lipinski definition) is 3. The molecule has 0 bridgehead atoms. The second-order valence-corrected chi connectivity index (χ2v) is 4.88. The molecule has 8 nitrogen and oxygen atoms in total. The summed E-state index contributed by atoms with van der Waals surface area (Å²) in [5.41, 5.74) is 5.20. The minimum absolute atomic E-state index is 0.00569. The normalized spacial score (nSPS) is 10.1. The Hall–Kier alpha value is -2.68. The smallest absolute Gasteiger partial charge is 0.273 e. The average Bonchev–Trinajstić information content (AvgIpc) is 2.84. The molecule has 2 amide bonds. The maximum atomic E-state index is 12.0. The van der Waals surface area contributed by atoms with E-state index in [-0.39, 0.29) is 17.9 Å². The number of primary amides is 1. The van der Waals surface area contributed by atoms with E-state index in [1.807, 2.05) is 0 Å². The van der Waals surface area contributed by atoms with Crippen molar-refractivity contribution in [1.29, 1.82) is 0 Å². The number of amides is 2. The monoisotopic (exact) mass is 308 g/mol. The van der Waals surface area contributed by atoms with E-state index in [0.29, 0.717) is 10.8 Å². The van der Waals surface area contributed by atoms with Crippen LogP contribution in [0.3, 0.4) is 0 Å². The third kappa shape index (κ3) is 3.66. The number of carbonyl (C=O) groups excluding carboxylic acids is 2. The molecule has 0 unspecified atom stereocenters. The molecule has 0 saturated heterocycles. The Balaban J connectivity index is 2.10. The standard InChI is InChI=1S/C12H12N4O4S/c1-20-9-4-14-7(3-8(9)17)11(19)16-12-15-6(5-21-12)2-10(13)18/h3-5H,2H2,1H3,(H2,13,18)(H,14,17)(H,15,16,19). The molecule has 0 aliphatic heterocycles. The van der Waals surface area contributed by atoms with Gasteiger partial charge in [0.05, 0.1) is 19.2 Å². The molecule has 9 heteroatoms. The summed E-state index contributed by atoms with van der Waals surface area (Å²) in [6.45, 7) is 0. The van der Waals surface area contributed by atoms with Crippen molar-refractivity contribution in [3.05, 3.63) is 39.3 Å². The Morgan fingerprint density at radius 1 is 1.52 bits per heavy atom. The molecule has 2 aromatic rings. The lowest BCUT2D eigenvalue weighted by atomic mass is 10.3. The molecular weight excluding hydrogens is 296 g/mol. The Bertz CT molecular complexity index is 737. The number of rotatable bonds is 5. The van der Waals surface area contributed by atoms with Crippen LogP contribution in [-0.2, 0) is 11.2 Å². The molecular formula is C12H12N4O4S. The van der Waals surface area contributed by atoms with Gasteiger partial charge in [-0.25, -0.2) is 4.98 Å². The van der Waals surface area contributed by atoms with Crippen LogP contribution in [0.1, 0.15) is 16.2 Å². The van der Waals surface area contributed by atoms with Crippen molar-refractivity contribution in [3.63, 3.8) is 0 Å². The summed E-state index contributed by atoms with van der Waals surface area (Å²) >= 11 is 1.16. The minimum atomic E-state index is -0.519. The van der Waals surface area contributed by atoms with Gasteiger partial charge in [-0.3, -0.25) is 19.7 Å². The van der Waals surface area contributed by atoms with Crippen LogP contribution in [0.4, 0.5) is 5.13 Å². The van der Waals surface area contributed by atoms with Gasteiger partial charge in [0.15, 0.2) is 10.9 Å². The highest BCUT2D eigenvalue weighted by molar-refractivity contribution is 7.14. The molecule has 2 heterocycles. The summed E-state index contributed by atoms with van der Waals surface area (Å²) in [4.78, 5) is 41.0. The Morgan fingerprint density at radius 3 is 2.90 bits per heavy atom. The molecule has 0 atom stereocenters. The Kier molecular flexibility index (Phi) is 4.33. The molecule has 21 heavy (non-hydrogen) atoms. The fourth-order valence-corrected chi connectivity index (χ4v) is 2.24. The molecule has 0 saturated carbocycles. The number of nitrogens with one attached hydrogen (secondary N) is 2. The van der Waals surface area contributed by atoms with Gasteiger partial charge in [0.1, 0.15) is 5.69 Å². The number of nitrogens with two attached hydrogens (primary N) is 1. The number of H-pyrrole nitrogens is 1. The molecule has 0 aliphatic rings. The number of hydrogen-bond acceptors (Lipinski definition) is 6. The van der Waals surface area contributed by atoms with Crippen molar-refractivity contribution in [2.24, 2.45) is 5.73 Å². The van der Waals surface area contributed by atoms with E-state index in [9.17, 15) is 14.4 Å². The predicted molar refractivity (Wildman–Crippen MR) is 76.6 cm³/mol. The summed E-state index contributed by atoms with van der Waals surface area (Å²) in [5, 5.41) is 4.46. The number of nitrogens with zero attached hydrogens (tertiary/aromatic N) is 1. The van der Waals surface area contributed by atoms with E-state index >= 15 is 0 Å². The largest absolute Gasteiger partial charge is 0.491 e. The van der Waals surface area contributed by atoms with Gasteiger partial charge in [0, 0.05) is 17.6 Å². The van der Waals surface area contributed by atoms with Crippen molar-refractivity contribution in [2.75, 3.05) is 12.4 Å². The van der Waals surface area contributed by atoms with Crippen LogP contribution in [0.15, 0.2) is 22.4 Å². The molecule has 2 rings (SSSR count). The highest BCUT2D eigenvalue weighted by Gasteiger charge is 2.12. The van der Waals surface area contributed by atoms with Gasteiger partial charge in [-0.15, -0.1) is 11.3 Å². The quantitative estimate of drug-likeness (QED) is 0.723. The van der Waals surface area contributed by atoms with E-state index in [1.54, 1.807) is 5.38 Å². The van der Waals surface area contributed by atoms with Crippen molar-refractivity contribution in [2.45, 2.75) is 6.42 Å². The first-order valence-corrected chi connectivity index (χ1v) is 6.68. The number of aromatic amines is 1. The van der Waals surface area contributed by atoms with E-state index in [2.05, 4.69) is 15.3 Å². The third-order valence-electron chi connectivity index (χ3n) is 2.47. The average molecular weight is 308 g/mol. The van der Waals surface area contributed by atoms with Crippen LogP contribution in [-0.4, -0.2) is 28.9 Å². The fraction of sp³-hybridized carbons (Fsp3) is 0.167. The van der Waals surface area contributed by atoms with Gasteiger partial charge in [0.2, 0.25) is 11.3 Å². The number of ether oxygens (including phenoxy) is 1. The summed E-state index contributed by atoms with van der Waals surface area (Å²) in [6.07, 6.45) is 1.31. The van der Waals surface area contributed by atoms with E-state index in [0.717, 1.165) is 17.4 Å². The zero-order valence-corrected chi connectivity index (χ0v) is 11.8. The van der Waals surface area contributed by atoms with Crippen molar-refractivity contribution >= 4 is 28.3 Å². The lowest BCUT2D eigenvalue weighted by molar-refractivity contribution is -0.117. The second-order valence-electron chi connectivity index (χ2n) is 4.02. The third-order valence-corrected chi connectivity index (χ3v) is 3.28. The molecule has 0 aromatic carbocycles. The number of carbonyl (C=O) groups is 2. The molecule has 0 spiro atoms. The number of aromatic nitrogens is 2. The van der Waals surface area contributed by atoms with Gasteiger partial charge in [0.25, 0.3) is 5.91 Å². The van der Waals surface area contributed by atoms with Gasteiger partial charge in [-0.1, -0.05) is 0 Å². The molecule has 0 aliphatic carbocycles. The summed E-state index contributed by atoms with van der Waals surface area (Å²) < 4.78 is 4.81. The second kappa shape index (κ2) is 6.18. The molecule has 0 radical (unpaired) electrons. The van der Waals surface area contributed by atoms with Crippen LogP contribution in [0.5, 0.6) is 5.75 Å². The van der Waals surface area contributed by atoms with Gasteiger partial charge in [-0.2, -0.15) is 0 Å². The zero-order valence-electron chi connectivity index (χ0n) is 11.0. The van der Waals surface area contributed by atoms with Gasteiger partial charge < -0.3 is 15.5 Å². The first-order valence-electron chi connectivity index (χ1n) is 5.80. The van der Waals surface area contributed by atoms with Crippen LogP contribution < -0.4 is 21.2 Å². The van der Waals surface area contributed by atoms with Crippen LogP contribution >= 0.6 is 11.3 Å². The maximum Gasteiger partial charge on any atom is 0.273 e. The lowest BCUT2D eigenvalue weighted by Gasteiger charge is -2.03. The molecule has 0 fully saturated rings. The molecule has 4 N–H and O–H groups in total. The van der Waals surface area contributed by atoms with Gasteiger partial charge >= 0.3 is 0 Å². The Labute approximate surface area is 123 Å². The van der Waals surface area contributed by atoms with E-state index < -0.39 is 17.2 Å². The van der Waals surface area contributed by atoms with Gasteiger partial charge in [-0.05, 0) is 0 Å². The van der Waals surface area contributed by atoms with E-state index in [4.69, 9.17) is 10.5 Å². The summed E-state index contributed by atoms with van der Waals surface area (Å²) in [6, 6.07) is 1.13. The topological polar surface area (TPSA) is 127 Å². The number of anilines is 1. The van der Waals surface area contributed by atoms with Crippen LogP contribution in [0.25, 0.3) is 0 Å². The molecule has 110 valence electrons. The number of pyridine rings is 1. The maximum absolute atomic E-state index is 12.0. The van der Waals surface area contributed by atoms with Crippen LogP contribution in [0.2, 0.25) is 0 Å². The summed E-state index contributed by atoms with van der Waals surface area (Å²) in [5.74, 6) is -0.906. The number of thiazole rings is 1. The zero-order chi connectivity index (χ0) is 15.4. The molecule has 2 aromatic heterocycles. The predicted octanol–water partition coefficient (Wildman–Crippen LogP) is 0.120. The highest BCUT2D eigenvalue weighted by Crippen LogP contribution is 2.16. The summed E-state index contributed by atoms with van der Waals surface area (Å²) in [7, 11) is 1.36. The first-order chi connectivity index (χ1) is 9.99. The SMILES string of the molecule is COc1c[nH]c(C(=O)Nc2nc(CC(N)=O)cs2)cc1=O. The van der Waals surface area contributed by atoms with Crippen LogP contribution in [0, 0.1) is 0 Å². The fourth-order valence-electron chi connectivity index (χ4n) is 1.54. The number of methoxy groups -OCH3 is 1. The highest BCUT2D eigenvalue weighted by atomic mass is 32.1. The lowest BCUT2D eigenvalue weighted by Crippen LogP contribution is -2.17. The Morgan fingerprint density at radius 2 is 2.29 bits per heavy atom. The van der Waals surface area contributed by atoms with E-state index in [1.165, 1.54) is 13.3 Å². The van der Waals surface area contributed by atoms with Crippen molar-refractivity contribution < 1.29 is 14.3 Å².